The molecule has 0 spiro atoms. The van der Waals surface area contributed by atoms with Crippen LogP contribution < -0.4 is 24.8 Å². The molecule has 2 aliphatic carbocycles. The average molecular weight is 787 g/mol. The first-order valence-corrected chi connectivity index (χ1v) is 19.7. The van der Waals surface area contributed by atoms with Crippen molar-refractivity contribution in [3.05, 3.63) is 86.9 Å². The van der Waals surface area contributed by atoms with Gasteiger partial charge in [0.1, 0.15) is 11.1 Å². The summed E-state index contributed by atoms with van der Waals surface area (Å²) in [7, 11) is 3.19. The number of nitrogens with zero attached hydrogens (tertiary/aromatic N) is 3. The molecule has 4 atom stereocenters. The molecule has 13 heteroatoms. The molecule has 0 radical (unpaired) electrons. The molecular weight excluding hydrogens is 741 g/mol. The van der Waals surface area contributed by atoms with Gasteiger partial charge in [0.2, 0.25) is 23.5 Å². The lowest BCUT2D eigenvalue weighted by molar-refractivity contribution is -0.149. The minimum Gasteiger partial charge on any atom is -0.481 e. The maximum atomic E-state index is 12.2. The van der Waals surface area contributed by atoms with Gasteiger partial charge in [-0.15, -0.1) is 0 Å². The summed E-state index contributed by atoms with van der Waals surface area (Å²) in [5.41, 5.74) is 6.70. The number of aromatic nitrogens is 2. The number of fused-ring (bicyclic) bond motifs is 2. The van der Waals surface area contributed by atoms with E-state index in [-0.39, 0.29) is 24.0 Å². The van der Waals surface area contributed by atoms with Gasteiger partial charge in [0.25, 0.3) is 0 Å². The third-order valence-corrected chi connectivity index (χ3v) is 12.6. The Morgan fingerprint density at radius 2 is 1.75 bits per heavy atom. The number of ether oxygens (including phenoxy) is 3. The molecule has 1 saturated carbocycles. The molecule has 0 bridgehead atoms. The fourth-order valence-corrected chi connectivity index (χ4v) is 9.72. The summed E-state index contributed by atoms with van der Waals surface area (Å²) in [5, 5.41) is 17.4. The first kappa shape index (κ1) is 37.5. The van der Waals surface area contributed by atoms with Crippen LogP contribution in [0.4, 0.5) is 0 Å². The van der Waals surface area contributed by atoms with Crippen molar-refractivity contribution in [1.82, 2.24) is 25.5 Å². The Hall–Kier alpha value is -4.42. The fraction of sp³-hybridized carbons (Fsp3) is 0.429. The van der Waals surface area contributed by atoms with Crippen molar-refractivity contribution in [2.75, 3.05) is 33.9 Å². The van der Waals surface area contributed by atoms with E-state index < -0.39 is 11.4 Å². The number of amides is 1. The van der Waals surface area contributed by atoms with Gasteiger partial charge in [-0.2, -0.15) is 4.98 Å². The number of carbonyl (C=O) groups is 2. The number of aliphatic carboxylic acids is 1. The van der Waals surface area contributed by atoms with Crippen LogP contribution in [-0.2, 0) is 29.1 Å². The molecular formula is C42H45Cl2N5O6. The second-order valence-corrected chi connectivity index (χ2v) is 15.9. The molecule has 4 aliphatic rings. The monoisotopic (exact) mass is 785 g/mol. The molecule has 3 N–H and O–H groups in total. The minimum absolute atomic E-state index is 0.100. The van der Waals surface area contributed by atoms with E-state index >= 15 is 0 Å². The number of hydrogen-bond donors (Lipinski definition) is 3. The molecule has 2 aliphatic heterocycles. The maximum Gasteiger partial charge on any atom is 0.311 e. The van der Waals surface area contributed by atoms with Gasteiger partial charge < -0.3 is 30.0 Å². The summed E-state index contributed by atoms with van der Waals surface area (Å²) < 4.78 is 17.9. The lowest BCUT2D eigenvalue weighted by Gasteiger charge is -2.24. The normalized spacial score (nSPS) is 23.1. The van der Waals surface area contributed by atoms with Gasteiger partial charge in [-0.3, -0.25) is 14.5 Å². The predicted octanol–water partition coefficient (Wildman–Crippen LogP) is 7.26. The molecule has 0 unspecified atom stereocenters. The highest BCUT2D eigenvalue weighted by Gasteiger charge is 2.54. The molecule has 4 heterocycles. The zero-order valence-corrected chi connectivity index (χ0v) is 32.5. The van der Waals surface area contributed by atoms with Gasteiger partial charge in [0.05, 0.1) is 30.4 Å². The Balaban J connectivity index is 0.988. The number of halogens is 2. The lowest BCUT2D eigenvalue weighted by atomic mass is 9.81. The predicted molar refractivity (Wildman–Crippen MR) is 210 cm³/mol. The first-order valence-electron chi connectivity index (χ1n) is 19.0. The summed E-state index contributed by atoms with van der Waals surface area (Å²) in [6.45, 7) is 2.99. The molecule has 55 heavy (non-hydrogen) atoms. The number of pyridine rings is 2. The number of nitrogens with one attached hydrogen (secondary N) is 2. The van der Waals surface area contributed by atoms with Gasteiger partial charge in [-0.05, 0) is 66.8 Å². The molecule has 8 rings (SSSR count). The second-order valence-electron chi connectivity index (χ2n) is 15.1. The van der Waals surface area contributed by atoms with Gasteiger partial charge in [-0.25, -0.2) is 4.98 Å². The minimum atomic E-state index is -0.694. The van der Waals surface area contributed by atoms with Crippen molar-refractivity contribution in [1.29, 1.82) is 0 Å². The quantitative estimate of drug-likeness (QED) is 0.127. The fourth-order valence-electron chi connectivity index (χ4n) is 9.18. The standard InChI is InChI=1S/C42H45Cl2N5O6/c1-53-38-24(19-45-20-27-12-16-36(50)46-27)11-14-34(47-38)32-10-4-9-31(37(32)44)28-7-3-8-30-29(28)13-15-35(30)55-40-33(43)18-25(39(48-40)54-2)21-49-22-26-6-5-17-42(26,23-49)41(51)52/h3-4,7-11,14,18,26-27,35,45H,5-6,12-13,15-17,19-23H2,1-2H3,(H,46,50)(H,51,52)/t26-,27-,35-,42-/m0/s1. The largest absolute Gasteiger partial charge is 0.481 e. The van der Waals surface area contributed by atoms with E-state index in [1.807, 2.05) is 42.5 Å². The summed E-state index contributed by atoms with van der Waals surface area (Å²) >= 11 is 14.0. The number of carboxylic acid groups (broad SMARTS) is 1. The second kappa shape index (κ2) is 15.6. The third-order valence-electron chi connectivity index (χ3n) is 11.9. The molecule has 2 aromatic heterocycles. The van der Waals surface area contributed by atoms with Crippen LogP contribution >= 0.6 is 23.2 Å². The number of benzene rings is 2. The molecule has 1 amide bonds. The zero-order chi connectivity index (χ0) is 38.3. The van der Waals surface area contributed by atoms with Gasteiger partial charge in [-0.1, -0.05) is 72.1 Å². The van der Waals surface area contributed by atoms with Crippen molar-refractivity contribution in [2.24, 2.45) is 11.3 Å². The number of rotatable bonds is 13. The number of methoxy groups -OCH3 is 2. The van der Waals surface area contributed by atoms with Crippen molar-refractivity contribution in [3.8, 4) is 40.0 Å². The van der Waals surface area contributed by atoms with E-state index in [2.05, 4.69) is 27.7 Å². The van der Waals surface area contributed by atoms with Crippen LogP contribution in [0.25, 0.3) is 22.4 Å². The van der Waals surface area contributed by atoms with Crippen molar-refractivity contribution in [3.63, 3.8) is 0 Å². The van der Waals surface area contributed by atoms with E-state index in [9.17, 15) is 14.7 Å². The van der Waals surface area contributed by atoms with Crippen LogP contribution in [0, 0.1) is 11.3 Å². The Labute approximate surface area is 330 Å². The average Bonchev–Trinajstić information content (AvgIpc) is 3.97. The zero-order valence-electron chi connectivity index (χ0n) is 31.0. The lowest BCUT2D eigenvalue weighted by Crippen LogP contribution is -2.35. The van der Waals surface area contributed by atoms with Crippen LogP contribution in [0.2, 0.25) is 10.0 Å². The van der Waals surface area contributed by atoms with Crippen LogP contribution in [0.5, 0.6) is 17.6 Å². The number of carboxylic acids is 1. The summed E-state index contributed by atoms with van der Waals surface area (Å²) in [6.07, 6.45) is 5.27. The summed E-state index contributed by atoms with van der Waals surface area (Å²) in [4.78, 5) is 35.5. The molecule has 288 valence electrons. The van der Waals surface area contributed by atoms with Crippen molar-refractivity contribution in [2.45, 2.75) is 70.2 Å². The summed E-state index contributed by atoms with van der Waals surface area (Å²) in [5.74, 6) is 0.805. The van der Waals surface area contributed by atoms with Gasteiger partial charge in [0, 0.05) is 67.4 Å². The highest BCUT2D eigenvalue weighted by atomic mass is 35.5. The molecule has 2 saturated heterocycles. The van der Waals surface area contributed by atoms with E-state index in [4.69, 9.17) is 47.4 Å². The van der Waals surface area contributed by atoms with Crippen LogP contribution in [0.15, 0.2) is 54.6 Å². The van der Waals surface area contributed by atoms with E-state index in [1.165, 1.54) is 0 Å². The highest BCUT2D eigenvalue weighted by Crippen LogP contribution is 2.50. The topological polar surface area (TPSA) is 135 Å². The Morgan fingerprint density at radius 1 is 0.964 bits per heavy atom. The Kier molecular flexibility index (Phi) is 10.6. The molecule has 11 nitrogen and oxygen atoms in total. The smallest absolute Gasteiger partial charge is 0.311 e. The van der Waals surface area contributed by atoms with Gasteiger partial charge >= 0.3 is 5.97 Å². The molecule has 3 fully saturated rings. The molecule has 4 aromatic rings. The van der Waals surface area contributed by atoms with Crippen molar-refractivity contribution >= 4 is 35.1 Å². The first-order chi connectivity index (χ1) is 26.7. The van der Waals surface area contributed by atoms with E-state index in [0.717, 1.165) is 84.0 Å². The molecule has 2 aromatic carbocycles. The Bertz CT molecular complexity index is 2130. The maximum absolute atomic E-state index is 12.2. The summed E-state index contributed by atoms with van der Waals surface area (Å²) in [6, 6.07) is 18.1. The highest BCUT2D eigenvalue weighted by molar-refractivity contribution is 6.36. The van der Waals surface area contributed by atoms with Crippen LogP contribution in [0.1, 0.15) is 66.9 Å². The number of likely N-dealkylation sites (tertiary alicyclic amines) is 1. The van der Waals surface area contributed by atoms with Crippen molar-refractivity contribution < 1.29 is 28.9 Å². The SMILES string of the molecule is COc1nc(-c2cccc(-c3cccc4c3CC[C@@H]4Oc3nc(OC)c(CN4C[C@@H]5CCC[C@]5(C(=O)O)C4)cc3Cl)c2Cl)ccc1CNC[C@@H]1CCC(=O)N1. The number of carbonyl (C=O) groups excluding carboxylic acids is 1. The van der Waals surface area contributed by atoms with Crippen LogP contribution in [-0.4, -0.2) is 71.7 Å². The third kappa shape index (κ3) is 7.23. The number of hydrogen-bond acceptors (Lipinski definition) is 9. The van der Waals surface area contributed by atoms with Crippen LogP contribution in [0.3, 0.4) is 0 Å². The van der Waals surface area contributed by atoms with E-state index in [0.29, 0.717) is 66.0 Å². The Morgan fingerprint density at radius 3 is 2.51 bits per heavy atom. The van der Waals surface area contributed by atoms with E-state index in [1.54, 1.807) is 14.2 Å². The van der Waals surface area contributed by atoms with Gasteiger partial charge in [0.15, 0.2) is 0 Å².